The SMILES string of the molecule is N#CS.N#CS.c1ccc2ccccc2c1. The van der Waals surface area contributed by atoms with Gasteiger partial charge in [-0.25, -0.2) is 0 Å². The molecule has 0 atom stereocenters. The van der Waals surface area contributed by atoms with Crippen molar-refractivity contribution in [2.45, 2.75) is 0 Å². The minimum Gasteiger partial charge on any atom is -0.185 e. The highest BCUT2D eigenvalue weighted by Crippen LogP contribution is 2.11. The maximum Gasteiger partial charge on any atom is 0.130 e. The fraction of sp³-hybridized carbons (Fsp3) is 0. The first-order valence-electron chi connectivity index (χ1n) is 4.30. The van der Waals surface area contributed by atoms with Crippen LogP contribution in [-0.4, -0.2) is 0 Å². The van der Waals surface area contributed by atoms with E-state index in [4.69, 9.17) is 10.5 Å². The summed E-state index contributed by atoms with van der Waals surface area (Å²) in [4.78, 5) is 0. The third kappa shape index (κ3) is 5.98. The third-order valence-electron chi connectivity index (χ3n) is 1.66. The molecule has 0 fully saturated rings. The van der Waals surface area contributed by atoms with Crippen molar-refractivity contribution < 1.29 is 0 Å². The quantitative estimate of drug-likeness (QED) is 0.551. The fourth-order valence-electron chi connectivity index (χ4n) is 1.13. The minimum atomic E-state index is 1.31. The average molecular weight is 246 g/mol. The van der Waals surface area contributed by atoms with Gasteiger partial charge in [0.25, 0.3) is 0 Å². The molecule has 0 radical (unpaired) electrons. The normalized spacial score (nSPS) is 7.25. The molecule has 0 aliphatic heterocycles. The molecule has 2 aromatic carbocycles. The van der Waals surface area contributed by atoms with Crippen LogP contribution in [0.4, 0.5) is 0 Å². The fourth-order valence-corrected chi connectivity index (χ4v) is 1.13. The Morgan fingerprint density at radius 1 is 0.688 bits per heavy atom. The number of benzene rings is 2. The van der Waals surface area contributed by atoms with Gasteiger partial charge < -0.3 is 0 Å². The lowest BCUT2D eigenvalue weighted by Crippen LogP contribution is -1.67. The van der Waals surface area contributed by atoms with E-state index in [0.29, 0.717) is 0 Å². The summed E-state index contributed by atoms with van der Waals surface area (Å²) < 4.78 is 0. The van der Waals surface area contributed by atoms with Gasteiger partial charge in [0.15, 0.2) is 0 Å². The van der Waals surface area contributed by atoms with Gasteiger partial charge >= 0.3 is 0 Å². The van der Waals surface area contributed by atoms with Crippen LogP contribution >= 0.6 is 25.3 Å². The van der Waals surface area contributed by atoms with Crippen molar-refractivity contribution in [3.63, 3.8) is 0 Å². The lowest BCUT2D eigenvalue weighted by Gasteiger charge is -1.92. The van der Waals surface area contributed by atoms with E-state index < -0.39 is 0 Å². The van der Waals surface area contributed by atoms with E-state index in [9.17, 15) is 0 Å². The molecule has 0 aliphatic rings. The maximum atomic E-state index is 7.18. The molecule has 4 heteroatoms. The smallest absolute Gasteiger partial charge is 0.130 e. The number of nitriles is 2. The van der Waals surface area contributed by atoms with E-state index >= 15 is 0 Å². The first-order valence-corrected chi connectivity index (χ1v) is 5.19. The summed E-state index contributed by atoms with van der Waals surface area (Å²) in [5.74, 6) is 0. The Morgan fingerprint density at radius 3 is 1.06 bits per heavy atom. The van der Waals surface area contributed by atoms with Crippen molar-refractivity contribution in [1.82, 2.24) is 0 Å². The van der Waals surface area contributed by atoms with Crippen LogP contribution in [0.3, 0.4) is 0 Å². The van der Waals surface area contributed by atoms with Crippen LogP contribution in [0.25, 0.3) is 10.8 Å². The molecule has 0 saturated carbocycles. The second kappa shape index (κ2) is 9.92. The summed E-state index contributed by atoms with van der Waals surface area (Å²) in [7, 11) is 0. The Bertz CT molecular complexity index is 421. The van der Waals surface area contributed by atoms with Crippen molar-refractivity contribution >= 4 is 36.0 Å². The molecule has 0 unspecified atom stereocenters. The summed E-state index contributed by atoms with van der Waals surface area (Å²) in [6.45, 7) is 0. The maximum absolute atomic E-state index is 7.18. The van der Waals surface area contributed by atoms with Gasteiger partial charge in [-0.05, 0) is 10.8 Å². The molecule has 0 amide bonds. The molecule has 0 aromatic heterocycles. The van der Waals surface area contributed by atoms with Gasteiger partial charge in [0, 0.05) is 0 Å². The van der Waals surface area contributed by atoms with Gasteiger partial charge in [0.05, 0.1) is 0 Å². The summed E-state index contributed by atoms with van der Waals surface area (Å²) in [5.41, 5.74) is 0. The van der Waals surface area contributed by atoms with Gasteiger partial charge in [-0.3, -0.25) is 0 Å². The lowest BCUT2D eigenvalue weighted by molar-refractivity contribution is 1.57. The van der Waals surface area contributed by atoms with Crippen molar-refractivity contribution in [1.29, 1.82) is 10.5 Å². The van der Waals surface area contributed by atoms with Gasteiger partial charge in [0.1, 0.15) is 10.8 Å². The van der Waals surface area contributed by atoms with Gasteiger partial charge in [0.2, 0.25) is 0 Å². The molecule has 0 spiro atoms. The summed E-state index contributed by atoms with van der Waals surface area (Å²) >= 11 is 6.19. The molecule has 0 saturated heterocycles. The molecule has 2 nitrogen and oxygen atoms in total. The van der Waals surface area contributed by atoms with Gasteiger partial charge in [-0.1, -0.05) is 73.8 Å². The molecule has 2 aromatic rings. The number of rotatable bonds is 0. The topological polar surface area (TPSA) is 47.6 Å². The largest absolute Gasteiger partial charge is 0.185 e. The highest BCUT2D eigenvalue weighted by atomic mass is 32.1. The Balaban J connectivity index is 0.000000321. The van der Waals surface area contributed by atoms with Gasteiger partial charge in [-0.2, -0.15) is 10.5 Å². The Morgan fingerprint density at radius 2 is 0.875 bits per heavy atom. The van der Waals surface area contributed by atoms with Crippen molar-refractivity contribution in [3.05, 3.63) is 48.5 Å². The van der Waals surface area contributed by atoms with Gasteiger partial charge in [-0.15, -0.1) is 0 Å². The zero-order chi connectivity index (χ0) is 12.2. The van der Waals surface area contributed by atoms with Crippen molar-refractivity contribution in [2.75, 3.05) is 0 Å². The Labute approximate surface area is 106 Å². The van der Waals surface area contributed by atoms with Crippen LogP contribution in [-0.2, 0) is 0 Å². The third-order valence-corrected chi connectivity index (χ3v) is 1.66. The number of hydrogen-bond acceptors (Lipinski definition) is 4. The van der Waals surface area contributed by atoms with E-state index in [1.165, 1.54) is 21.6 Å². The standard InChI is InChI=1S/C10H8.2CHNS/c1-2-6-10-8-4-3-7-9(10)5-1;2*2-1-3/h1-8H;2*3H. The molecule has 0 N–H and O–H groups in total. The summed E-state index contributed by atoms with van der Waals surface area (Å²) in [5, 5.41) is 19.9. The highest BCUT2D eigenvalue weighted by molar-refractivity contribution is 7.85. The lowest BCUT2D eigenvalue weighted by atomic mass is 10.1. The summed E-state index contributed by atoms with van der Waals surface area (Å²) in [6, 6.07) is 16.7. The number of nitrogens with zero attached hydrogens (tertiary/aromatic N) is 2. The number of thiocyanates is 2. The number of hydrogen-bond donors (Lipinski definition) is 2. The van der Waals surface area contributed by atoms with E-state index in [1.807, 2.05) is 0 Å². The molecule has 0 bridgehead atoms. The molecule has 2 rings (SSSR count). The second-order valence-electron chi connectivity index (χ2n) is 2.55. The van der Waals surface area contributed by atoms with E-state index in [1.54, 1.807) is 0 Å². The van der Waals surface area contributed by atoms with Crippen molar-refractivity contribution in [3.8, 4) is 10.8 Å². The highest BCUT2D eigenvalue weighted by Gasteiger charge is 1.85. The Kier molecular flexibility index (Phi) is 8.91. The zero-order valence-electron chi connectivity index (χ0n) is 8.41. The molecular weight excluding hydrogens is 236 g/mol. The zero-order valence-corrected chi connectivity index (χ0v) is 10.2. The van der Waals surface area contributed by atoms with Crippen LogP contribution in [0.15, 0.2) is 48.5 Å². The van der Waals surface area contributed by atoms with Crippen LogP contribution in [0, 0.1) is 21.3 Å². The van der Waals surface area contributed by atoms with E-state index in [-0.39, 0.29) is 0 Å². The molecular formula is C12H10N2S2. The van der Waals surface area contributed by atoms with Crippen molar-refractivity contribution in [2.24, 2.45) is 0 Å². The molecule has 80 valence electrons. The predicted octanol–water partition coefficient (Wildman–Crippen LogP) is 3.63. The van der Waals surface area contributed by atoms with Crippen LogP contribution in [0.1, 0.15) is 0 Å². The van der Waals surface area contributed by atoms with Crippen LogP contribution < -0.4 is 0 Å². The molecule has 16 heavy (non-hydrogen) atoms. The van der Waals surface area contributed by atoms with E-state index in [2.05, 4.69) is 73.8 Å². The molecule has 0 heterocycles. The van der Waals surface area contributed by atoms with E-state index in [0.717, 1.165) is 0 Å². The average Bonchev–Trinajstić information content (AvgIpc) is 2.31. The monoisotopic (exact) mass is 246 g/mol. The number of thiol groups is 2. The first-order chi connectivity index (χ1) is 7.79. The first kappa shape index (κ1) is 14.4. The number of fused-ring (bicyclic) bond motifs is 1. The summed E-state index contributed by atoms with van der Waals surface area (Å²) in [6.07, 6.45) is 0. The van der Waals surface area contributed by atoms with Crippen LogP contribution in [0.2, 0.25) is 0 Å². The predicted molar refractivity (Wildman–Crippen MR) is 73.1 cm³/mol. The van der Waals surface area contributed by atoms with Crippen LogP contribution in [0.5, 0.6) is 0 Å². The molecule has 0 aliphatic carbocycles. The Hall–Kier alpha value is -1.62. The second-order valence-corrected chi connectivity index (χ2v) is 2.95. The minimum absolute atomic E-state index is 1.31.